The molecule has 1 aromatic heterocycles. The first-order chi connectivity index (χ1) is 9.50. The fraction of sp³-hybridized carbons (Fsp3) is 0.733. The van der Waals surface area contributed by atoms with E-state index in [1.807, 2.05) is 20.8 Å². The average Bonchev–Trinajstić information content (AvgIpc) is 2.38. The molecule has 112 valence electrons. The lowest BCUT2D eigenvalue weighted by Crippen LogP contribution is -2.34. The zero-order valence-electron chi connectivity index (χ0n) is 12.4. The Morgan fingerprint density at radius 2 is 1.65 bits per heavy atom. The van der Waals surface area contributed by atoms with Crippen molar-refractivity contribution in [3.63, 3.8) is 0 Å². The van der Waals surface area contributed by atoms with E-state index in [2.05, 4.69) is 9.97 Å². The standard InChI is InChI=1S/C15H22Cl2N2O/c1-4-20-15(8-6-5-7-9-15)14-18-12(16)11(10(2)3)13(17)19-14/h10H,4-9H2,1-3H3. The minimum Gasteiger partial charge on any atom is -0.367 e. The third-order valence-corrected chi connectivity index (χ3v) is 4.50. The van der Waals surface area contributed by atoms with E-state index in [9.17, 15) is 0 Å². The largest absolute Gasteiger partial charge is 0.367 e. The summed E-state index contributed by atoms with van der Waals surface area (Å²) in [6.07, 6.45) is 5.37. The summed E-state index contributed by atoms with van der Waals surface area (Å²) in [6.45, 7) is 6.72. The van der Waals surface area contributed by atoms with E-state index < -0.39 is 5.60 Å². The Morgan fingerprint density at radius 3 is 2.10 bits per heavy atom. The molecule has 1 heterocycles. The predicted octanol–water partition coefficient (Wildman–Crippen LogP) is 5.10. The average molecular weight is 317 g/mol. The first kappa shape index (κ1) is 16.0. The summed E-state index contributed by atoms with van der Waals surface area (Å²) in [6, 6.07) is 0. The van der Waals surface area contributed by atoms with E-state index in [4.69, 9.17) is 27.9 Å². The van der Waals surface area contributed by atoms with Crippen LogP contribution in [0.1, 0.15) is 70.2 Å². The smallest absolute Gasteiger partial charge is 0.163 e. The van der Waals surface area contributed by atoms with E-state index in [0.29, 0.717) is 22.7 Å². The fourth-order valence-corrected chi connectivity index (χ4v) is 3.75. The Hall–Kier alpha value is -0.380. The quantitative estimate of drug-likeness (QED) is 0.724. The third-order valence-electron chi connectivity index (χ3n) is 3.92. The summed E-state index contributed by atoms with van der Waals surface area (Å²) in [4.78, 5) is 9.03. The van der Waals surface area contributed by atoms with Crippen LogP contribution in [0.2, 0.25) is 10.3 Å². The monoisotopic (exact) mass is 316 g/mol. The third kappa shape index (κ3) is 3.10. The second-order valence-corrected chi connectivity index (χ2v) is 6.40. The molecule has 0 amide bonds. The van der Waals surface area contributed by atoms with Crippen LogP contribution in [-0.2, 0) is 10.3 Å². The Morgan fingerprint density at radius 1 is 1.10 bits per heavy atom. The molecule has 1 aromatic rings. The Balaban J connectivity index is 2.44. The van der Waals surface area contributed by atoms with Crippen LogP contribution in [0.3, 0.4) is 0 Å². The Kier molecular flexibility index (Phi) is 5.27. The molecule has 0 unspecified atom stereocenters. The van der Waals surface area contributed by atoms with Gasteiger partial charge in [0.05, 0.1) is 0 Å². The molecule has 1 fully saturated rings. The lowest BCUT2D eigenvalue weighted by atomic mass is 9.83. The molecule has 0 bridgehead atoms. The van der Waals surface area contributed by atoms with Crippen LogP contribution < -0.4 is 0 Å². The van der Waals surface area contributed by atoms with Gasteiger partial charge in [0.25, 0.3) is 0 Å². The summed E-state index contributed by atoms with van der Waals surface area (Å²) >= 11 is 12.6. The van der Waals surface area contributed by atoms with E-state index in [0.717, 1.165) is 31.2 Å². The van der Waals surface area contributed by atoms with Gasteiger partial charge in [0.15, 0.2) is 5.82 Å². The van der Waals surface area contributed by atoms with Crippen LogP contribution in [0.25, 0.3) is 0 Å². The minimum atomic E-state index is -0.407. The molecule has 0 N–H and O–H groups in total. The highest BCUT2D eigenvalue weighted by Gasteiger charge is 2.38. The van der Waals surface area contributed by atoms with Crippen molar-refractivity contribution in [2.45, 2.75) is 64.4 Å². The molecule has 0 spiro atoms. The topological polar surface area (TPSA) is 35.0 Å². The van der Waals surface area contributed by atoms with Crippen molar-refractivity contribution < 1.29 is 4.74 Å². The number of hydrogen-bond donors (Lipinski definition) is 0. The molecule has 0 aliphatic heterocycles. The van der Waals surface area contributed by atoms with Crippen LogP contribution in [-0.4, -0.2) is 16.6 Å². The van der Waals surface area contributed by atoms with Crippen molar-refractivity contribution in [1.29, 1.82) is 0 Å². The number of ether oxygens (including phenoxy) is 1. The fourth-order valence-electron chi connectivity index (χ4n) is 2.93. The van der Waals surface area contributed by atoms with Gasteiger partial charge in [0.2, 0.25) is 0 Å². The zero-order valence-corrected chi connectivity index (χ0v) is 13.9. The summed E-state index contributed by atoms with van der Waals surface area (Å²) in [5, 5.41) is 0.916. The maximum absolute atomic E-state index is 6.32. The van der Waals surface area contributed by atoms with Crippen LogP contribution in [0.4, 0.5) is 0 Å². The highest BCUT2D eigenvalue weighted by Crippen LogP contribution is 2.41. The van der Waals surface area contributed by atoms with Gasteiger partial charge >= 0.3 is 0 Å². The van der Waals surface area contributed by atoms with Crippen molar-refractivity contribution in [3.8, 4) is 0 Å². The van der Waals surface area contributed by atoms with Crippen molar-refractivity contribution in [2.75, 3.05) is 6.61 Å². The number of aromatic nitrogens is 2. The molecule has 0 radical (unpaired) electrons. The van der Waals surface area contributed by atoms with Crippen molar-refractivity contribution in [2.24, 2.45) is 0 Å². The Bertz CT molecular complexity index is 442. The normalized spacial score (nSPS) is 18.5. The van der Waals surface area contributed by atoms with Gasteiger partial charge in [-0.15, -0.1) is 0 Å². The van der Waals surface area contributed by atoms with Gasteiger partial charge in [0, 0.05) is 12.2 Å². The van der Waals surface area contributed by atoms with Gasteiger partial charge < -0.3 is 4.74 Å². The predicted molar refractivity (Wildman–Crippen MR) is 82.5 cm³/mol. The molecule has 1 aliphatic carbocycles. The van der Waals surface area contributed by atoms with Crippen molar-refractivity contribution >= 4 is 23.2 Å². The maximum atomic E-state index is 6.32. The van der Waals surface area contributed by atoms with Crippen molar-refractivity contribution in [1.82, 2.24) is 9.97 Å². The molecule has 20 heavy (non-hydrogen) atoms. The number of hydrogen-bond acceptors (Lipinski definition) is 3. The number of rotatable bonds is 4. The minimum absolute atomic E-state index is 0.207. The molecule has 1 saturated carbocycles. The molecule has 0 aromatic carbocycles. The summed E-state index contributed by atoms with van der Waals surface area (Å²) in [5.41, 5.74) is 0.412. The van der Waals surface area contributed by atoms with E-state index >= 15 is 0 Å². The van der Waals surface area contributed by atoms with Gasteiger partial charge in [0.1, 0.15) is 15.9 Å². The van der Waals surface area contributed by atoms with E-state index in [1.54, 1.807) is 0 Å². The van der Waals surface area contributed by atoms with Crippen LogP contribution in [0.5, 0.6) is 0 Å². The van der Waals surface area contributed by atoms with Crippen LogP contribution in [0.15, 0.2) is 0 Å². The highest BCUT2D eigenvalue weighted by molar-refractivity contribution is 6.34. The maximum Gasteiger partial charge on any atom is 0.163 e. The molecule has 1 aliphatic rings. The summed E-state index contributed by atoms with van der Waals surface area (Å²) in [5.74, 6) is 0.858. The van der Waals surface area contributed by atoms with Gasteiger partial charge in [-0.1, -0.05) is 56.3 Å². The lowest BCUT2D eigenvalue weighted by molar-refractivity contribution is -0.0767. The van der Waals surface area contributed by atoms with Gasteiger partial charge in [-0.3, -0.25) is 0 Å². The van der Waals surface area contributed by atoms with E-state index in [1.165, 1.54) is 6.42 Å². The van der Waals surface area contributed by atoms with Crippen LogP contribution in [0, 0.1) is 0 Å². The number of halogens is 2. The SMILES string of the molecule is CCOC1(c2nc(Cl)c(C(C)C)c(Cl)n2)CCCCC1. The molecule has 2 rings (SSSR count). The lowest BCUT2D eigenvalue weighted by Gasteiger charge is -2.35. The molecule has 3 nitrogen and oxygen atoms in total. The van der Waals surface area contributed by atoms with Gasteiger partial charge in [-0.2, -0.15) is 0 Å². The molecular formula is C15H22Cl2N2O. The molecular weight excluding hydrogens is 295 g/mol. The van der Waals surface area contributed by atoms with Crippen molar-refractivity contribution in [3.05, 3.63) is 21.7 Å². The highest BCUT2D eigenvalue weighted by atomic mass is 35.5. The van der Waals surface area contributed by atoms with Gasteiger partial charge in [-0.25, -0.2) is 9.97 Å². The second-order valence-electron chi connectivity index (χ2n) is 5.69. The van der Waals surface area contributed by atoms with Crippen LogP contribution >= 0.6 is 23.2 Å². The molecule has 0 atom stereocenters. The first-order valence-corrected chi connectivity index (χ1v) is 8.13. The first-order valence-electron chi connectivity index (χ1n) is 7.37. The van der Waals surface area contributed by atoms with Gasteiger partial charge in [-0.05, 0) is 25.7 Å². The van der Waals surface area contributed by atoms with E-state index in [-0.39, 0.29) is 5.92 Å². The molecule has 0 saturated heterocycles. The second kappa shape index (κ2) is 6.59. The summed E-state index contributed by atoms with van der Waals surface area (Å²) < 4.78 is 6.02. The Labute approximate surface area is 131 Å². The summed E-state index contributed by atoms with van der Waals surface area (Å²) in [7, 11) is 0. The zero-order chi connectivity index (χ0) is 14.8. The molecule has 5 heteroatoms. The number of nitrogens with zero attached hydrogens (tertiary/aromatic N) is 2.